The quantitative estimate of drug-likeness (QED) is 0.639. The summed E-state index contributed by atoms with van der Waals surface area (Å²) in [5.41, 5.74) is 0.0625. The fourth-order valence-electron chi connectivity index (χ4n) is 1.10. The maximum Gasteiger partial charge on any atom is 0.272 e. The van der Waals surface area contributed by atoms with E-state index in [1.54, 1.807) is 11.8 Å². The Morgan fingerprint density at radius 1 is 1.62 bits per heavy atom. The lowest BCUT2D eigenvalue weighted by Gasteiger charge is -2.11. The molecule has 1 aromatic rings. The normalized spacial score (nSPS) is 12.2. The smallest absolute Gasteiger partial charge is 0.272 e. The Kier molecular flexibility index (Phi) is 4.54. The first-order valence-corrected chi connectivity index (χ1v) is 6.04. The number of anilines is 1. The topological polar surface area (TPSA) is 55.2 Å². The molecule has 1 atom stereocenters. The number of thioether (sulfide) groups is 1. The van der Waals surface area contributed by atoms with Gasteiger partial charge in [-0.15, -0.1) is 0 Å². The van der Waals surface area contributed by atoms with Gasteiger partial charge in [0.15, 0.2) is 5.82 Å². The Bertz CT molecular complexity index is 387. The van der Waals surface area contributed by atoms with Crippen LogP contribution in [0.15, 0.2) is 18.2 Å². The molecule has 0 aliphatic carbocycles. The lowest BCUT2D eigenvalue weighted by atomic mass is 10.2. The molecule has 0 aliphatic rings. The van der Waals surface area contributed by atoms with Gasteiger partial charge in [-0.25, -0.2) is 4.39 Å². The molecule has 0 saturated heterocycles. The van der Waals surface area contributed by atoms with E-state index in [2.05, 4.69) is 5.32 Å². The highest BCUT2D eigenvalue weighted by molar-refractivity contribution is 7.99. The molecule has 16 heavy (non-hydrogen) atoms. The minimum Gasteiger partial charge on any atom is -0.382 e. The molecular weight excluding hydrogens is 231 g/mol. The van der Waals surface area contributed by atoms with E-state index in [1.165, 1.54) is 12.1 Å². The van der Waals surface area contributed by atoms with Crippen LogP contribution < -0.4 is 5.32 Å². The van der Waals surface area contributed by atoms with Crippen LogP contribution >= 0.6 is 11.8 Å². The summed E-state index contributed by atoms with van der Waals surface area (Å²) in [5, 5.41) is 13.7. The second kappa shape index (κ2) is 5.69. The number of nitro groups is 1. The van der Waals surface area contributed by atoms with Gasteiger partial charge in [0.25, 0.3) is 5.69 Å². The van der Waals surface area contributed by atoms with Crippen LogP contribution in [0.5, 0.6) is 0 Å². The van der Waals surface area contributed by atoms with E-state index < -0.39 is 10.7 Å². The Labute approximate surface area is 97.4 Å². The van der Waals surface area contributed by atoms with E-state index in [-0.39, 0.29) is 5.69 Å². The summed E-state index contributed by atoms with van der Waals surface area (Å²) in [6.45, 7) is 2.64. The summed E-state index contributed by atoms with van der Waals surface area (Å²) >= 11 is 1.66. The van der Waals surface area contributed by atoms with Crippen LogP contribution in [-0.2, 0) is 0 Å². The molecule has 0 amide bonds. The zero-order chi connectivity index (χ0) is 12.1. The molecule has 1 unspecified atom stereocenters. The Morgan fingerprint density at radius 2 is 2.31 bits per heavy atom. The van der Waals surface area contributed by atoms with Gasteiger partial charge in [-0.1, -0.05) is 6.92 Å². The van der Waals surface area contributed by atoms with Gasteiger partial charge in [0.2, 0.25) is 0 Å². The summed E-state index contributed by atoms with van der Waals surface area (Å²) in [7, 11) is 0. The van der Waals surface area contributed by atoms with Gasteiger partial charge < -0.3 is 5.32 Å². The molecule has 0 bridgehead atoms. The highest BCUT2D eigenvalue weighted by atomic mass is 32.2. The molecule has 0 heterocycles. The van der Waals surface area contributed by atoms with Crippen molar-refractivity contribution < 1.29 is 9.31 Å². The number of nitrogens with one attached hydrogen (secondary N) is 1. The predicted molar refractivity (Wildman–Crippen MR) is 64.5 cm³/mol. The predicted octanol–water partition coefficient (Wildman–Crippen LogP) is 2.90. The third kappa shape index (κ3) is 3.37. The molecular formula is C10H13FN2O2S. The number of benzene rings is 1. The first-order valence-electron chi connectivity index (χ1n) is 4.75. The van der Waals surface area contributed by atoms with Gasteiger partial charge in [0, 0.05) is 17.9 Å². The Morgan fingerprint density at radius 3 is 2.81 bits per heavy atom. The van der Waals surface area contributed by atoms with E-state index in [9.17, 15) is 14.5 Å². The number of rotatable bonds is 5. The number of hydrogen-bond acceptors (Lipinski definition) is 4. The minimum absolute atomic E-state index is 0.235. The Hall–Kier alpha value is -1.30. The van der Waals surface area contributed by atoms with Crippen LogP contribution in [0.4, 0.5) is 15.8 Å². The zero-order valence-corrected chi connectivity index (χ0v) is 9.88. The fourth-order valence-corrected chi connectivity index (χ4v) is 1.35. The standard InChI is InChI=1S/C10H13FN2O2S/c1-7(16-2)6-12-10-4-3-8(13(14)15)5-9(10)11/h3-5,7,12H,6H2,1-2H3. The lowest BCUT2D eigenvalue weighted by molar-refractivity contribution is -0.385. The number of nitrogens with zero attached hydrogens (tertiary/aromatic N) is 1. The maximum absolute atomic E-state index is 13.4. The van der Waals surface area contributed by atoms with E-state index in [0.29, 0.717) is 17.5 Å². The SMILES string of the molecule is CSC(C)CNc1ccc([N+](=O)[O-])cc1F. The number of halogens is 1. The highest BCUT2D eigenvalue weighted by Crippen LogP contribution is 2.20. The molecule has 1 rings (SSSR count). The fraction of sp³-hybridized carbons (Fsp3) is 0.400. The van der Waals surface area contributed by atoms with Gasteiger partial charge in [-0.3, -0.25) is 10.1 Å². The molecule has 0 saturated carbocycles. The van der Waals surface area contributed by atoms with E-state index >= 15 is 0 Å². The van der Waals surface area contributed by atoms with Crippen molar-refractivity contribution in [2.24, 2.45) is 0 Å². The second-order valence-corrected chi connectivity index (χ2v) is 4.62. The molecule has 1 N–H and O–H groups in total. The van der Waals surface area contributed by atoms with Crippen LogP contribution in [0.3, 0.4) is 0 Å². The average molecular weight is 244 g/mol. The molecule has 0 aromatic heterocycles. The molecule has 1 aromatic carbocycles. The number of hydrogen-bond donors (Lipinski definition) is 1. The molecule has 6 heteroatoms. The highest BCUT2D eigenvalue weighted by Gasteiger charge is 2.10. The minimum atomic E-state index is -0.614. The molecule has 0 fully saturated rings. The molecule has 0 aliphatic heterocycles. The maximum atomic E-state index is 13.4. The number of non-ortho nitro benzene ring substituents is 1. The van der Waals surface area contributed by atoms with Gasteiger partial charge >= 0.3 is 0 Å². The summed E-state index contributed by atoms with van der Waals surface area (Å²) in [5.74, 6) is -0.595. The third-order valence-electron chi connectivity index (χ3n) is 2.15. The molecule has 4 nitrogen and oxygen atoms in total. The first-order chi connectivity index (χ1) is 7.54. The van der Waals surface area contributed by atoms with Crippen molar-refractivity contribution in [2.75, 3.05) is 18.1 Å². The third-order valence-corrected chi connectivity index (χ3v) is 3.12. The van der Waals surface area contributed by atoms with Crippen molar-refractivity contribution in [3.8, 4) is 0 Å². The molecule has 0 radical (unpaired) electrons. The van der Waals surface area contributed by atoms with Crippen molar-refractivity contribution in [1.29, 1.82) is 0 Å². The van der Waals surface area contributed by atoms with Crippen molar-refractivity contribution in [3.05, 3.63) is 34.1 Å². The van der Waals surface area contributed by atoms with Crippen LogP contribution in [0.25, 0.3) is 0 Å². The average Bonchev–Trinajstić information content (AvgIpc) is 2.26. The van der Waals surface area contributed by atoms with Crippen molar-refractivity contribution in [2.45, 2.75) is 12.2 Å². The Balaban J connectivity index is 2.72. The van der Waals surface area contributed by atoms with Gasteiger partial charge in [-0.05, 0) is 12.3 Å². The van der Waals surface area contributed by atoms with Gasteiger partial charge in [0.05, 0.1) is 16.7 Å². The van der Waals surface area contributed by atoms with Crippen LogP contribution in [-0.4, -0.2) is 23.0 Å². The summed E-state index contributed by atoms with van der Waals surface area (Å²) in [6.07, 6.45) is 1.97. The largest absolute Gasteiger partial charge is 0.382 e. The second-order valence-electron chi connectivity index (χ2n) is 3.35. The molecule has 0 spiro atoms. The molecule has 88 valence electrons. The van der Waals surface area contributed by atoms with E-state index in [0.717, 1.165) is 6.07 Å². The van der Waals surface area contributed by atoms with E-state index in [1.807, 2.05) is 13.2 Å². The van der Waals surface area contributed by atoms with Gasteiger partial charge in [-0.2, -0.15) is 11.8 Å². The van der Waals surface area contributed by atoms with Crippen LogP contribution in [0.2, 0.25) is 0 Å². The van der Waals surface area contributed by atoms with Crippen molar-refractivity contribution >= 4 is 23.1 Å². The summed E-state index contributed by atoms with van der Waals surface area (Å²) in [4.78, 5) is 9.78. The summed E-state index contributed by atoms with van der Waals surface area (Å²) < 4.78 is 13.4. The van der Waals surface area contributed by atoms with E-state index in [4.69, 9.17) is 0 Å². The first kappa shape index (κ1) is 12.8. The summed E-state index contributed by atoms with van der Waals surface area (Å²) in [6, 6.07) is 3.60. The van der Waals surface area contributed by atoms with Crippen molar-refractivity contribution in [1.82, 2.24) is 0 Å². The monoisotopic (exact) mass is 244 g/mol. The lowest BCUT2D eigenvalue weighted by Crippen LogP contribution is -2.13. The van der Waals surface area contributed by atoms with Gasteiger partial charge in [0.1, 0.15) is 0 Å². The van der Waals surface area contributed by atoms with Crippen molar-refractivity contribution in [3.63, 3.8) is 0 Å². The zero-order valence-electron chi connectivity index (χ0n) is 9.07. The van der Waals surface area contributed by atoms with Crippen LogP contribution in [0, 0.1) is 15.9 Å². The van der Waals surface area contributed by atoms with Crippen LogP contribution in [0.1, 0.15) is 6.92 Å². The number of nitro benzene ring substituents is 1.